The second-order valence-corrected chi connectivity index (χ2v) is 5.74. The topological polar surface area (TPSA) is 83.4 Å². The molecule has 3 rings (SSSR count). The molecule has 0 spiro atoms. The Kier molecular flexibility index (Phi) is 5.49. The molecule has 1 heterocycles. The second kappa shape index (κ2) is 7.19. The molecule has 6 nitrogen and oxygen atoms in total. The molecular formula is C16H22ClN3O3. The van der Waals surface area contributed by atoms with E-state index in [-0.39, 0.29) is 12.4 Å². The summed E-state index contributed by atoms with van der Waals surface area (Å²) < 4.78 is 15.9. The maximum absolute atomic E-state index is 6.35. The van der Waals surface area contributed by atoms with E-state index in [2.05, 4.69) is 10.1 Å². The molecule has 1 aromatic carbocycles. The number of ether oxygens (including phenoxy) is 2. The highest BCUT2D eigenvalue weighted by Crippen LogP contribution is 2.35. The number of hydrogen-bond acceptors (Lipinski definition) is 6. The van der Waals surface area contributed by atoms with Gasteiger partial charge in [-0.05, 0) is 30.5 Å². The Morgan fingerprint density at radius 3 is 2.52 bits per heavy atom. The Morgan fingerprint density at radius 2 is 1.87 bits per heavy atom. The third kappa shape index (κ3) is 3.59. The first-order chi connectivity index (χ1) is 10.6. The van der Waals surface area contributed by atoms with E-state index < -0.39 is 5.54 Å². The Balaban J connectivity index is 0.00000192. The van der Waals surface area contributed by atoms with Gasteiger partial charge in [-0.25, -0.2) is 0 Å². The summed E-state index contributed by atoms with van der Waals surface area (Å²) in [5.74, 6) is 2.58. The molecule has 2 aromatic rings. The van der Waals surface area contributed by atoms with Gasteiger partial charge in [-0.1, -0.05) is 24.1 Å². The van der Waals surface area contributed by atoms with Crippen LogP contribution >= 0.6 is 12.4 Å². The molecule has 0 unspecified atom stereocenters. The van der Waals surface area contributed by atoms with Gasteiger partial charge in [0.1, 0.15) is 0 Å². The van der Waals surface area contributed by atoms with Crippen LogP contribution in [0.15, 0.2) is 22.7 Å². The number of halogens is 1. The lowest BCUT2D eigenvalue weighted by Gasteiger charge is -2.17. The molecule has 0 atom stereocenters. The largest absolute Gasteiger partial charge is 0.493 e. The van der Waals surface area contributed by atoms with Gasteiger partial charge in [0.25, 0.3) is 0 Å². The van der Waals surface area contributed by atoms with Crippen LogP contribution in [-0.2, 0) is 12.0 Å². The van der Waals surface area contributed by atoms with E-state index in [0.29, 0.717) is 29.6 Å². The van der Waals surface area contributed by atoms with Gasteiger partial charge < -0.3 is 19.7 Å². The molecule has 1 saturated carbocycles. The van der Waals surface area contributed by atoms with Crippen molar-refractivity contribution in [2.75, 3.05) is 14.2 Å². The zero-order chi connectivity index (χ0) is 15.6. The van der Waals surface area contributed by atoms with Crippen LogP contribution in [0.4, 0.5) is 0 Å². The number of aromatic nitrogens is 2. The smallest absolute Gasteiger partial charge is 0.231 e. The Morgan fingerprint density at radius 1 is 1.17 bits per heavy atom. The summed E-state index contributed by atoms with van der Waals surface area (Å²) in [4.78, 5) is 4.48. The van der Waals surface area contributed by atoms with E-state index in [1.165, 1.54) is 0 Å². The summed E-state index contributed by atoms with van der Waals surface area (Å²) >= 11 is 0. The first-order valence-electron chi connectivity index (χ1n) is 7.47. The number of hydrogen-bond donors (Lipinski definition) is 1. The summed E-state index contributed by atoms with van der Waals surface area (Å²) in [6.45, 7) is 0. The predicted molar refractivity (Wildman–Crippen MR) is 88.2 cm³/mol. The van der Waals surface area contributed by atoms with Gasteiger partial charge in [0.05, 0.1) is 26.2 Å². The van der Waals surface area contributed by atoms with Crippen molar-refractivity contribution in [3.05, 3.63) is 35.5 Å². The van der Waals surface area contributed by atoms with Gasteiger partial charge in [0, 0.05) is 0 Å². The average Bonchev–Trinajstić information content (AvgIpc) is 3.17. The van der Waals surface area contributed by atoms with E-state index in [0.717, 1.165) is 31.2 Å². The van der Waals surface area contributed by atoms with Crippen LogP contribution in [0.25, 0.3) is 0 Å². The molecule has 23 heavy (non-hydrogen) atoms. The molecular weight excluding hydrogens is 318 g/mol. The Labute approximate surface area is 141 Å². The minimum absolute atomic E-state index is 0. The first-order valence-corrected chi connectivity index (χ1v) is 7.47. The van der Waals surface area contributed by atoms with Crippen LogP contribution in [0.2, 0.25) is 0 Å². The van der Waals surface area contributed by atoms with E-state index in [1.807, 2.05) is 18.2 Å². The van der Waals surface area contributed by atoms with Crippen LogP contribution in [0, 0.1) is 0 Å². The molecule has 0 radical (unpaired) electrons. The minimum Gasteiger partial charge on any atom is -0.493 e. The van der Waals surface area contributed by atoms with E-state index in [4.69, 9.17) is 19.7 Å². The number of benzene rings is 1. The van der Waals surface area contributed by atoms with Crippen molar-refractivity contribution >= 4 is 12.4 Å². The molecule has 7 heteroatoms. The molecule has 1 aliphatic carbocycles. The molecule has 0 amide bonds. The number of rotatable bonds is 5. The molecule has 2 N–H and O–H groups in total. The standard InChI is InChI=1S/C16H21N3O3.ClH/c1-20-12-6-5-11(9-13(12)21-2)10-14-18-15(19-22-14)16(17)7-3-4-8-16;/h5-6,9H,3-4,7-8,10,17H2,1-2H3;1H. The maximum atomic E-state index is 6.35. The fourth-order valence-electron chi connectivity index (χ4n) is 2.92. The highest BCUT2D eigenvalue weighted by Gasteiger charge is 2.35. The highest BCUT2D eigenvalue weighted by molar-refractivity contribution is 5.85. The molecule has 126 valence electrons. The second-order valence-electron chi connectivity index (χ2n) is 5.74. The monoisotopic (exact) mass is 339 g/mol. The summed E-state index contributed by atoms with van der Waals surface area (Å²) in [5, 5.41) is 4.08. The molecule has 0 aliphatic heterocycles. The van der Waals surface area contributed by atoms with Crippen LogP contribution in [-0.4, -0.2) is 24.4 Å². The fraction of sp³-hybridized carbons (Fsp3) is 0.500. The molecule has 1 aliphatic rings. The minimum atomic E-state index is -0.417. The molecule has 0 saturated heterocycles. The maximum Gasteiger partial charge on any atom is 0.231 e. The summed E-state index contributed by atoms with van der Waals surface area (Å²) in [6.07, 6.45) is 4.63. The highest BCUT2D eigenvalue weighted by atomic mass is 35.5. The SMILES string of the molecule is COc1ccc(Cc2nc(C3(N)CCCC3)no2)cc1OC.Cl. The van der Waals surface area contributed by atoms with Crippen LogP contribution in [0.3, 0.4) is 0 Å². The van der Waals surface area contributed by atoms with Crippen molar-refractivity contribution < 1.29 is 14.0 Å². The zero-order valence-corrected chi connectivity index (χ0v) is 14.2. The lowest BCUT2D eigenvalue weighted by atomic mass is 9.99. The lowest BCUT2D eigenvalue weighted by Crippen LogP contribution is -2.34. The van der Waals surface area contributed by atoms with Crippen LogP contribution in [0.1, 0.15) is 43.0 Å². The van der Waals surface area contributed by atoms with Crippen molar-refractivity contribution in [2.45, 2.75) is 37.6 Å². The van der Waals surface area contributed by atoms with Crippen molar-refractivity contribution in [1.82, 2.24) is 10.1 Å². The summed E-state index contributed by atoms with van der Waals surface area (Å²) in [7, 11) is 3.23. The van der Waals surface area contributed by atoms with Gasteiger partial charge in [0.15, 0.2) is 17.3 Å². The number of nitrogens with zero attached hydrogens (tertiary/aromatic N) is 2. The van der Waals surface area contributed by atoms with Crippen molar-refractivity contribution in [2.24, 2.45) is 5.73 Å². The van der Waals surface area contributed by atoms with Gasteiger partial charge in [0.2, 0.25) is 5.89 Å². The summed E-state index contributed by atoms with van der Waals surface area (Å²) in [5.41, 5.74) is 6.95. The van der Waals surface area contributed by atoms with Crippen molar-refractivity contribution in [1.29, 1.82) is 0 Å². The van der Waals surface area contributed by atoms with Gasteiger partial charge >= 0.3 is 0 Å². The third-order valence-corrected chi connectivity index (χ3v) is 4.21. The van der Waals surface area contributed by atoms with Crippen molar-refractivity contribution in [3.8, 4) is 11.5 Å². The lowest BCUT2D eigenvalue weighted by molar-refractivity contribution is 0.350. The average molecular weight is 340 g/mol. The van der Waals surface area contributed by atoms with Gasteiger partial charge in [-0.15, -0.1) is 12.4 Å². The Bertz CT molecular complexity index is 654. The quantitative estimate of drug-likeness (QED) is 0.901. The molecule has 1 fully saturated rings. The van der Waals surface area contributed by atoms with Crippen molar-refractivity contribution in [3.63, 3.8) is 0 Å². The zero-order valence-electron chi connectivity index (χ0n) is 13.4. The van der Waals surface area contributed by atoms with E-state index in [1.54, 1.807) is 14.2 Å². The molecule has 1 aromatic heterocycles. The van der Waals surface area contributed by atoms with Crippen LogP contribution in [0.5, 0.6) is 11.5 Å². The Hall–Kier alpha value is -1.79. The van der Waals surface area contributed by atoms with Gasteiger partial charge in [-0.3, -0.25) is 0 Å². The predicted octanol–water partition coefficient (Wildman–Crippen LogP) is 2.83. The first kappa shape index (κ1) is 17.6. The normalized spacial score (nSPS) is 16.0. The van der Waals surface area contributed by atoms with E-state index >= 15 is 0 Å². The fourth-order valence-corrected chi connectivity index (χ4v) is 2.92. The van der Waals surface area contributed by atoms with Crippen LogP contribution < -0.4 is 15.2 Å². The third-order valence-electron chi connectivity index (χ3n) is 4.21. The number of methoxy groups -OCH3 is 2. The summed E-state index contributed by atoms with van der Waals surface area (Å²) in [6, 6.07) is 5.74. The van der Waals surface area contributed by atoms with Gasteiger partial charge in [-0.2, -0.15) is 4.98 Å². The van der Waals surface area contributed by atoms with E-state index in [9.17, 15) is 0 Å². The molecule has 0 bridgehead atoms. The number of nitrogens with two attached hydrogens (primary N) is 1.